The number of nitrogens with zero attached hydrogens (tertiary/aromatic N) is 4. The van der Waals surface area contributed by atoms with E-state index in [2.05, 4.69) is 20.0 Å². The van der Waals surface area contributed by atoms with Crippen LogP contribution in [-0.2, 0) is 0 Å². The average molecular weight is 134 g/mol. The van der Waals surface area contributed by atoms with E-state index in [4.69, 9.17) is 0 Å². The Morgan fingerprint density at radius 1 is 1.30 bits per heavy atom. The highest BCUT2D eigenvalue weighted by atomic mass is 15.1. The normalized spacial score (nSPS) is 27.9. The second-order valence-electron chi connectivity index (χ2n) is 2.17. The molecule has 1 unspecified atom stereocenters. The molecule has 0 bridgehead atoms. The molecule has 2 rings (SSSR count). The van der Waals surface area contributed by atoms with Crippen molar-refractivity contribution < 1.29 is 0 Å². The zero-order valence-corrected chi connectivity index (χ0v) is 5.52. The lowest BCUT2D eigenvalue weighted by atomic mass is 10.2. The van der Waals surface area contributed by atoms with E-state index in [0.717, 1.165) is 11.5 Å². The summed E-state index contributed by atoms with van der Waals surface area (Å²) in [6.45, 7) is 1.92. The third-order valence-electron chi connectivity index (χ3n) is 1.50. The number of amidine groups is 1. The first-order valence-corrected chi connectivity index (χ1v) is 3.04. The first kappa shape index (κ1) is 5.46. The standard InChI is InChI=1S/C6H6N4/c1-4-5-6(9-2-7-4)10-3-8-5/h2-3,5H,1H3. The molecule has 0 N–H and O–H groups in total. The Labute approximate surface area is 58.1 Å². The molecular weight excluding hydrogens is 128 g/mol. The molecule has 0 aromatic rings. The fourth-order valence-corrected chi connectivity index (χ4v) is 0.945. The van der Waals surface area contributed by atoms with Gasteiger partial charge in [0.1, 0.15) is 18.7 Å². The summed E-state index contributed by atoms with van der Waals surface area (Å²) in [7, 11) is 0. The van der Waals surface area contributed by atoms with E-state index in [1.165, 1.54) is 12.7 Å². The molecule has 0 aromatic heterocycles. The van der Waals surface area contributed by atoms with Gasteiger partial charge in [-0.2, -0.15) is 0 Å². The van der Waals surface area contributed by atoms with Crippen LogP contribution >= 0.6 is 0 Å². The van der Waals surface area contributed by atoms with Crippen LogP contribution in [0.25, 0.3) is 0 Å². The number of hydrogen-bond acceptors (Lipinski definition) is 4. The van der Waals surface area contributed by atoms with Crippen LogP contribution in [0.4, 0.5) is 0 Å². The van der Waals surface area contributed by atoms with Gasteiger partial charge in [0.2, 0.25) is 0 Å². The van der Waals surface area contributed by atoms with Crippen LogP contribution < -0.4 is 0 Å². The Hall–Kier alpha value is -1.32. The molecule has 0 amide bonds. The molecule has 1 atom stereocenters. The summed E-state index contributed by atoms with van der Waals surface area (Å²) < 4.78 is 0. The van der Waals surface area contributed by atoms with Crippen LogP contribution in [0.5, 0.6) is 0 Å². The summed E-state index contributed by atoms with van der Waals surface area (Å²) in [5.41, 5.74) is 0.961. The molecule has 0 aliphatic carbocycles. The predicted octanol–water partition coefficient (Wildman–Crippen LogP) is 0.298. The minimum Gasteiger partial charge on any atom is -0.256 e. The topological polar surface area (TPSA) is 49.4 Å². The average Bonchev–Trinajstić information content (AvgIpc) is 2.36. The van der Waals surface area contributed by atoms with E-state index in [-0.39, 0.29) is 6.04 Å². The molecule has 50 valence electrons. The van der Waals surface area contributed by atoms with Gasteiger partial charge in [0.25, 0.3) is 0 Å². The van der Waals surface area contributed by atoms with Crippen molar-refractivity contribution in [2.24, 2.45) is 20.0 Å². The van der Waals surface area contributed by atoms with E-state index >= 15 is 0 Å². The Morgan fingerprint density at radius 2 is 2.20 bits per heavy atom. The van der Waals surface area contributed by atoms with Gasteiger partial charge in [-0.25, -0.2) is 15.0 Å². The Kier molecular flexibility index (Phi) is 1.00. The van der Waals surface area contributed by atoms with Gasteiger partial charge in [-0.15, -0.1) is 0 Å². The molecule has 10 heavy (non-hydrogen) atoms. The Balaban J connectivity index is 2.43. The Bertz CT molecular complexity index is 271. The minimum absolute atomic E-state index is 0.00463. The molecule has 0 spiro atoms. The summed E-state index contributed by atoms with van der Waals surface area (Å²) >= 11 is 0. The number of rotatable bonds is 0. The molecule has 0 aromatic carbocycles. The first-order chi connectivity index (χ1) is 4.88. The van der Waals surface area contributed by atoms with Gasteiger partial charge in [-0.3, -0.25) is 4.99 Å². The van der Waals surface area contributed by atoms with Gasteiger partial charge in [0.15, 0.2) is 5.84 Å². The molecular formula is C6H6N4. The van der Waals surface area contributed by atoms with Gasteiger partial charge in [0.05, 0.1) is 0 Å². The van der Waals surface area contributed by atoms with Gasteiger partial charge in [0, 0.05) is 5.71 Å². The SMILES string of the molecule is CC1=NC=NC2=NC=NC12. The fourth-order valence-electron chi connectivity index (χ4n) is 0.945. The number of aliphatic imine (C=N–C) groups is 4. The maximum atomic E-state index is 4.07. The highest BCUT2D eigenvalue weighted by Gasteiger charge is 2.22. The third kappa shape index (κ3) is 0.618. The van der Waals surface area contributed by atoms with Crippen molar-refractivity contribution in [3.63, 3.8) is 0 Å². The summed E-state index contributed by atoms with van der Waals surface area (Å²) in [6, 6.07) is 0.00463. The maximum absolute atomic E-state index is 4.07. The number of fused-ring (bicyclic) bond motifs is 1. The second-order valence-corrected chi connectivity index (χ2v) is 2.17. The van der Waals surface area contributed by atoms with Crippen LogP contribution in [0.15, 0.2) is 20.0 Å². The predicted molar refractivity (Wildman–Crippen MR) is 41.3 cm³/mol. The van der Waals surface area contributed by atoms with Crippen molar-refractivity contribution >= 4 is 24.2 Å². The lowest BCUT2D eigenvalue weighted by Gasteiger charge is -2.08. The van der Waals surface area contributed by atoms with Gasteiger partial charge < -0.3 is 0 Å². The molecule has 0 saturated heterocycles. The smallest absolute Gasteiger partial charge is 0.162 e. The summed E-state index contributed by atoms with van der Waals surface area (Å²) in [6.07, 6.45) is 3.04. The van der Waals surface area contributed by atoms with Crippen LogP contribution in [0, 0.1) is 0 Å². The molecule has 4 nitrogen and oxygen atoms in total. The van der Waals surface area contributed by atoms with E-state index < -0.39 is 0 Å². The molecule has 0 saturated carbocycles. The maximum Gasteiger partial charge on any atom is 0.162 e. The first-order valence-electron chi connectivity index (χ1n) is 3.04. The zero-order valence-electron chi connectivity index (χ0n) is 5.52. The van der Waals surface area contributed by atoms with Crippen molar-refractivity contribution in [1.82, 2.24) is 0 Å². The molecule has 4 heteroatoms. The van der Waals surface area contributed by atoms with E-state index in [9.17, 15) is 0 Å². The largest absolute Gasteiger partial charge is 0.256 e. The van der Waals surface area contributed by atoms with Crippen LogP contribution in [0.3, 0.4) is 0 Å². The second kappa shape index (κ2) is 1.83. The van der Waals surface area contributed by atoms with Crippen molar-refractivity contribution in [1.29, 1.82) is 0 Å². The van der Waals surface area contributed by atoms with E-state index in [1.807, 2.05) is 6.92 Å². The minimum atomic E-state index is 0.00463. The molecule has 0 radical (unpaired) electrons. The third-order valence-corrected chi connectivity index (χ3v) is 1.50. The summed E-state index contributed by atoms with van der Waals surface area (Å²) in [5.74, 6) is 0.757. The van der Waals surface area contributed by atoms with Crippen molar-refractivity contribution in [2.75, 3.05) is 0 Å². The highest BCUT2D eigenvalue weighted by Crippen LogP contribution is 2.07. The molecule has 2 aliphatic heterocycles. The van der Waals surface area contributed by atoms with Gasteiger partial charge >= 0.3 is 0 Å². The van der Waals surface area contributed by atoms with Crippen molar-refractivity contribution in [3.8, 4) is 0 Å². The van der Waals surface area contributed by atoms with Crippen molar-refractivity contribution in [3.05, 3.63) is 0 Å². The fraction of sp³-hybridized carbons (Fsp3) is 0.333. The summed E-state index contributed by atoms with van der Waals surface area (Å²) in [5, 5.41) is 0. The van der Waals surface area contributed by atoms with Crippen molar-refractivity contribution in [2.45, 2.75) is 13.0 Å². The van der Waals surface area contributed by atoms with Gasteiger partial charge in [-0.05, 0) is 6.92 Å². The van der Waals surface area contributed by atoms with E-state index in [0.29, 0.717) is 0 Å². The van der Waals surface area contributed by atoms with E-state index in [1.54, 1.807) is 0 Å². The monoisotopic (exact) mass is 134 g/mol. The molecule has 2 heterocycles. The van der Waals surface area contributed by atoms with Crippen LogP contribution in [0.1, 0.15) is 6.92 Å². The summed E-state index contributed by atoms with van der Waals surface area (Å²) in [4.78, 5) is 16.0. The number of hydrogen-bond donors (Lipinski definition) is 0. The molecule has 0 fully saturated rings. The van der Waals surface area contributed by atoms with Crippen LogP contribution in [-0.4, -0.2) is 30.3 Å². The quantitative estimate of drug-likeness (QED) is 0.457. The molecule has 2 aliphatic rings. The van der Waals surface area contributed by atoms with Crippen LogP contribution in [0.2, 0.25) is 0 Å². The lowest BCUT2D eigenvalue weighted by Crippen LogP contribution is -2.25. The zero-order chi connectivity index (χ0) is 6.97. The highest BCUT2D eigenvalue weighted by molar-refractivity contribution is 6.19. The lowest BCUT2D eigenvalue weighted by molar-refractivity contribution is 1.13. The Morgan fingerprint density at radius 3 is 3.00 bits per heavy atom. The van der Waals surface area contributed by atoms with Gasteiger partial charge in [-0.1, -0.05) is 0 Å².